The number of aliphatic hydroxyl groups excluding tert-OH is 1. The second-order valence-corrected chi connectivity index (χ2v) is 5.00. The fraction of sp³-hybridized carbons (Fsp3) is 0.294. The quantitative estimate of drug-likeness (QED) is 0.764. The molecule has 1 atom stereocenters. The van der Waals surface area contributed by atoms with Gasteiger partial charge in [0, 0.05) is 24.2 Å². The topological polar surface area (TPSA) is 61.7 Å². The van der Waals surface area contributed by atoms with E-state index < -0.39 is 0 Å². The molecule has 4 nitrogen and oxygen atoms in total. The van der Waals surface area contributed by atoms with Crippen molar-refractivity contribution < 1.29 is 14.9 Å². The lowest BCUT2D eigenvalue weighted by molar-refractivity contribution is 0.282. The van der Waals surface area contributed by atoms with Crippen molar-refractivity contribution in [2.24, 2.45) is 0 Å². The first-order valence-corrected chi connectivity index (χ1v) is 6.93. The van der Waals surface area contributed by atoms with E-state index in [1.807, 2.05) is 43.3 Å². The van der Waals surface area contributed by atoms with Crippen LogP contribution in [0.2, 0.25) is 0 Å². The van der Waals surface area contributed by atoms with E-state index in [0.29, 0.717) is 12.3 Å². The molecular weight excluding hydrogens is 266 g/mol. The number of phenols is 1. The number of aliphatic hydroxyl groups is 1. The third-order valence-corrected chi connectivity index (χ3v) is 3.52. The molecule has 0 bridgehead atoms. The van der Waals surface area contributed by atoms with Crippen LogP contribution in [-0.2, 0) is 13.2 Å². The molecule has 0 spiro atoms. The average molecular weight is 287 g/mol. The van der Waals surface area contributed by atoms with Crippen molar-refractivity contribution in [2.45, 2.75) is 26.1 Å². The van der Waals surface area contributed by atoms with Crippen LogP contribution in [0.25, 0.3) is 0 Å². The summed E-state index contributed by atoms with van der Waals surface area (Å²) >= 11 is 0. The Kier molecular flexibility index (Phi) is 5.20. The van der Waals surface area contributed by atoms with Crippen LogP contribution in [-0.4, -0.2) is 17.3 Å². The van der Waals surface area contributed by atoms with Gasteiger partial charge < -0.3 is 20.3 Å². The Morgan fingerprint density at radius 3 is 2.33 bits per heavy atom. The first-order valence-electron chi connectivity index (χ1n) is 6.93. The maximum absolute atomic E-state index is 10.0. The second kappa shape index (κ2) is 7.11. The van der Waals surface area contributed by atoms with Crippen molar-refractivity contribution in [1.82, 2.24) is 5.32 Å². The molecule has 21 heavy (non-hydrogen) atoms. The van der Waals surface area contributed by atoms with Crippen LogP contribution in [0.1, 0.15) is 29.7 Å². The Hall–Kier alpha value is -2.04. The molecule has 112 valence electrons. The molecule has 2 rings (SSSR count). The number of hydrogen-bond donors (Lipinski definition) is 3. The van der Waals surface area contributed by atoms with Crippen molar-refractivity contribution in [3.63, 3.8) is 0 Å². The lowest BCUT2D eigenvalue weighted by Gasteiger charge is -2.16. The minimum absolute atomic E-state index is 0.0217. The maximum atomic E-state index is 10.0. The first kappa shape index (κ1) is 15.4. The highest BCUT2D eigenvalue weighted by Crippen LogP contribution is 2.28. The molecule has 0 saturated carbocycles. The molecule has 2 aromatic rings. The van der Waals surface area contributed by atoms with Gasteiger partial charge in [-0.05, 0) is 24.1 Å². The minimum atomic E-state index is 0.0217. The van der Waals surface area contributed by atoms with Gasteiger partial charge in [0.25, 0.3) is 0 Å². The van der Waals surface area contributed by atoms with E-state index in [2.05, 4.69) is 5.32 Å². The number of methoxy groups -OCH3 is 1. The lowest BCUT2D eigenvalue weighted by atomic mass is 10.1. The van der Waals surface area contributed by atoms with Crippen molar-refractivity contribution in [2.75, 3.05) is 7.11 Å². The molecule has 2 aromatic carbocycles. The summed E-state index contributed by atoms with van der Waals surface area (Å²) in [7, 11) is 1.58. The predicted molar refractivity (Wildman–Crippen MR) is 82.3 cm³/mol. The van der Waals surface area contributed by atoms with Gasteiger partial charge in [-0.2, -0.15) is 0 Å². The lowest BCUT2D eigenvalue weighted by Crippen LogP contribution is -2.18. The van der Waals surface area contributed by atoms with Crippen LogP contribution in [0.4, 0.5) is 0 Å². The highest BCUT2D eigenvalue weighted by atomic mass is 16.5. The third-order valence-electron chi connectivity index (χ3n) is 3.52. The summed E-state index contributed by atoms with van der Waals surface area (Å²) < 4.78 is 5.08. The monoisotopic (exact) mass is 287 g/mol. The van der Waals surface area contributed by atoms with E-state index in [9.17, 15) is 5.11 Å². The van der Waals surface area contributed by atoms with Crippen LogP contribution in [0, 0.1) is 0 Å². The van der Waals surface area contributed by atoms with Crippen LogP contribution >= 0.6 is 0 Å². The molecule has 0 radical (unpaired) electrons. The number of nitrogens with one attached hydrogen (secondary N) is 1. The summed E-state index contributed by atoms with van der Waals surface area (Å²) in [5.41, 5.74) is 2.87. The fourth-order valence-electron chi connectivity index (χ4n) is 2.16. The summed E-state index contributed by atoms with van der Waals surface area (Å²) in [4.78, 5) is 0. The Balaban J connectivity index is 1.99. The number of rotatable bonds is 6. The molecule has 4 heteroatoms. The zero-order valence-corrected chi connectivity index (χ0v) is 12.3. The molecule has 0 saturated heterocycles. The average Bonchev–Trinajstić information content (AvgIpc) is 2.52. The van der Waals surface area contributed by atoms with Crippen molar-refractivity contribution >= 4 is 0 Å². The van der Waals surface area contributed by atoms with Gasteiger partial charge in [0.05, 0.1) is 13.7 Å². The van der Waals surface area contributed by atoms with Gasteiger partial charge >= 0.3 is 0 Å². The Morgan fingerprint density at radius 1 is 1.10 bits per heavy atom. The maximum Gasteiger partial charge on any atom is 0.124 e. The summed E-state index contributed by atoms with van der Waals surface area (Å²) in [6.07, 6.45) is 0. The molecule has 0 aliphatic heterocycles. The molecule has 0 aliphatic carbocycles. The van der Waals surface area contributed by atoms with Crippen LogP contribution < -0.4 is 10.1 Å². The molecule has 0 aliphatic rings. The predicted octanol–water partition coefficient (Wildman–Crippen LogP) is 2.74. The number of aromatic hydroxyl groups is 1. The first-order chi connectivity index (χ1) is 10.1. The van der Waals surface area contributed by atoms with E-state index in [0.717, 1.165) is 16.7 Å². The molecule has 0 fully saturated rings. The number of phenolic OH excluding ortho intramolecular Hbond substituents is 1. The standard InChI is InChI=1S/C17H21NO3/c1-12(16-8-7-15(21-2)9-17(16)20)18-10-13-3-5-14(11-19)6-4-13/h3-9,12,18-20H,10-11H2,1-2H3. The fourth-order valence-corrected chi connectivity index (χ4v) is 2.16. The second-order valence-electron chi connectivity index (χ2n) is 5.00. The number of hydrogen-bond acceptors (Lipinski definition) is 4. The molecule has 0 heterocycles. The summed E-state index contributed by atoms with van der Waals surface area (Å²) in [5.74, 6) is 0.869. The van der Waals surface area contributed by atoms with E-state index >= 15 is 0 Å². The SMILES string of the molecule is COc1ccc(C(C)NCc2ccc(CO)cc2)c(O)c1. The largest absolute Gasteiger partial charge is 0.507 e. The van der Waals surface area contributed by atoms with Gasteiger partial charge in [-0.3, -0.25) is 0 Å². The number of benzene rings is 2. The zero-order chi connectivity index (χ0) is 15.2. The van der Waals surface area contributed by atoms with Crippen molar-refractivity contribution in [3.8, 4) is 11.5 Å². The Morgan fingerprint density at radius 2 is 1.76 bits per heavy atom. The summed E-state index contributed by atoms with van der Waals surface area (Å²) in [5, 5.41) is 22.4. The Bertz CT molecular complexity index is 581. The summed E-state index contributed by atoms with van der Waals surface area (Å²) in [6.45, 7) is 2.76. The van der Waals surface area contributed by atoms with E-state index in [1.54, 1.807) is 13.2 Å². The van der Waals surface area contributed by atoms with Gasteiger partial charge in [0.1, 0.15) is 11.5 Å². The van der Waals surface area contributed by atoms with Gasteiger partial charge in [-0.25, -0.2) is 0 Å². The Labute approximate surface area is 125 Å². The van der Waals surface area contributed by atoms with Crippen LogP contribution in [0.5, 0.6) is 11.5 Å². The molecule has 0 amide bonds. The van der Waals surface area contributed by atoms with Crippen LogP contribution in [0.3, 0.4) is 0 Å². The van der Waals surface area contributed by atoms with Gasteiger partial charge in [-0.15, -0.1) is 0 Å². The van der Waals surface area contributed by atoms with Crippen molar-refractivity contribution in [3.05, 3.63) is 59.2 Å². The van der Waals surface area contributed by atoms with Gasteiger partial charge in [0.2, 0.25) is 0 Å². The smallest absolute Gasteiger partial charge is 0.124 e. The molecule has 3 N–H and O–H groups in total. The minimum Gasteiger partial charge on any atom is -0.507 e. The van der Waals surface area contributed by atoms with E-state index in [1.165, 1.54) is 0 Å². The van der Waals surface area contributed by atoms with E-state index in [-0.39, 0.29) is 18.4 Å². The molecular formula is C17H21NO3. The highest BCUT2D eigenvalue weighted by Gasteiger charge is 2.10. The number of ether oxygens (including phenoxy) is 1. The normalized spacial score (nSPS) is 12.1. The summed E-state index contributed by atoms with van der Waals surface area (Å²) in [6, 6.07) is 13.1. The van der Waals surface area contributed by atoms with Crippen molar-refractivity contribution in [1.29, 1.82) is 0 Å². The van der Waals surface area contributed by atoms with Gasteiger partial charge in [0.15, 0.2) is 0 Å². The third kappa shape index (κ3) is 3.97. The van der Waals surface area contributed by atoms with E-state index in [4.69, 9.17) is 9.84 Å². The molecule has 0 aromatic heterocycles. The molecule has 1 unspecified atom stereocenters. The highest BCUT2D eigenvalue weighted by molar-refractivity contribution is 5.41. The van der Waals surface area contributed by atoms with Crippen LogP contribution in [0.15, 0.2) is 42.5 Å². The zero-order valence-electron chi connectivity index (χ0n) is 12.3. The van der Waals surface area contributed by atoms with Gasteiger partial charge in [-0.1, -0.05) is 30.3 Å².